The predicted octanol–water partition coefficient (Wildman–Crippen LogP) is 4.67. The molecular formula is C23H19ClN2O4. The Kier molecular flexibility index (Phi) is 5.59. The van der Waals surface area contributed by atoms with Crippen LogP contribution < -0.4 is 15.4 Å². The van der Waals surface area contributed by atoms with Gasteiger partial charge in [-0.25, -0.2) is 0 Å². The smallest absolute Gasteiger partial charge is 0.291 e. The zero-order valence-electron chi connectivity index (χ0n) is 16.1. The van der Waals surface area contributed by atoms with E-state index in [1.165, 1.54) is 0 Å². The van der Waals surface area contributed by atoms with Gasteiger partial charge < -0.3 is 19.8 Å². The number of ether oxygens (including phenoxy) is 1. The van der Waals surface area contributed by atoms with Crippen molar-refractivity contribution in [3.8, 4) is 5.75 Å². The maximum Gasteiger partial charge on any atom is 0.291 e. The van der Waals surface area contributed by atoms with E-state index < -0.39 is 5.91 Å². The van der Waals surface area contributed by atoms with Gasteiger partial charge >= 0.3 is 0 Å². The van der Waals surface area contributed by atoms with Crippen molar-refractivity contribution < 1.29 is 18.7 Å². The summed E-state index contributed by atoms with van der Waals surface area (Å²) in [5.41, 5.74) is 1.53. The zero-order valence-corrected chi connectivity index (χ0v) is 16.9. The van der Waals surface area contributed by atoms with Crippen LogP contribution >= 0.6 is 11.6 Å². The standard InChI is InChI=1S/C23H19ClN2O4/c1-14(11-17-6-4-10-29-17)25-22(27)16-8-9-20-19(12-16)26-23(28)21(30-20)13-15-5-2-3-7-18(15)24/h2-10,12-14H,11H2,1H3,(H,25,27)(H,26,28)/b21-13-/t14-/m1/s1. The Morgan fingerprint density at radius 1 is 1.20 bits per heavy atom. The van der Waals surface area contributed by atoms with Crippen molar-refractivity contribution in [2.24, 2.45) is 0 Å². The van der Waals surface area contributed by atoms with Crippen LogP contribution in [0.1, 0.15) is 28.6 Å². The summed E-state index contributed by atoms with van der Waals surface area (Å²) in [6, 6.07) is 15.6. The molecule has 3 aromatic rings. The average molecular weight is 423 g/mol. The van der Waals surface area contributed by atoms with Crippen molar-refractivity contribution in [2.75, 3.05) is 5.32 Å². The topological polar surface area (TPSA) is 80.6 Å². The number of anilines is 1. The van der Waals surface area contributed by atoms with Crippen molar-refractivity contribution in [2.45, 2.75) is 19.4 Å². The van der Waals surface area contributed by atoms with Crippen LogP contribution in [0.4, 0.5) is 5.69 Å². The van der Waals surface area contributed by atoms with E-state index in [1.807, 2.05) is 31.2 Å². The Labute approximate surface area is 178 Å². The maximum absolute atomic E-state index is 12.6. The van der Waals surface area contributed by atoms with E-state index in [9.17, 15) is 9.59 Å². The lowest BCUT2D eigenvalue weighted by Crippen LogP contribution is -2.34. The van der Waals surface area contributed by atoms with Gasteiger partial charge in [0.05, 0.1) is 12.0 Å². The molecule has 2 aromatic carbocycles. The van der Waals surface area contributed by atoms with Gasteiger partial charge in [-0.3, -0.25) is 9.59 Å². The molecule has 0 spiro atoms. The highest BCUT2D eigenvalue weighted by atomic mass is 35.5. The Bertz CT molecular complexity index is 1120. The zero-order chi connectivity index (χ0) is 21.1. The predicted molar refractivity (Wildman–Crippen MR) is 114 cm³/mol. The molecule has 2 heterocycles. The van der Waals surface area contributed by atoms with E-state index in [0.29, 0.717) is 34.0 Å². The van der Waals surface area contributed by atoms with Crippen LogP contribution in [0.5, 0.6) is 5.75 Å². The van der Waals surface area contributed by atoms with Crippen LogP contribution in [0.3, 0.4) is 0 Å². The maximum atomic E-state index is 12.6. The molecule has 0 fully saturated rings. The average Bonchev–Trinajstić information content (AvgIpc) is 3.22. The van der Waals surface area contributed by atoms with E-state index in [2.05, 4.69) is 10.6 Å². The third kappa shape index (κ3) is 4.39. The summed E-state index contributed by atoms with van der Waals surface area (Å²) in [5, 5.41) is 6.20. The molecule has 0 saturated heterocycles. The second-order valence-corrected chi connectivity index (χ2v) is 7.36. The lowest BCUT2D eigenvalue weighted by molar-refractivity contribution is -0.115. The molecule has 6 nitrogen and oxygen atoms in total. The van der Waals surface area contributed by atoms with Crippen LogP contribution in [0, 0.1) is 0 Å². The van der Waals surface area contributed by atoms with Crippen LogP contribution in [-0.4, -0.2) is 17.9 Å². The Morgan fingerprint density at radius 3 is 2.80 bits per heavy atom. The largest absolute Gasteiger partial charge is 0.469 e. The van der Waals surface area contributed by atoms with E-state index >= 15 is 0 Å². The summed E-state index contributed by atoms with van der Waals surface area (Å²) in [4.78, 5) is 25.0. The first kappa shape index (κ1) is 19.8. The number of hydrogen-bond donors (Lipinski definition) is 2. The van der Waals surface area contributed by atoms with E-state index in [4.69, 9.17) is 20.8 Å². The quantitative estimate of drug-likeness (QED) is 0.586. The molecule has 152 valence electrons. The fourth-order valence-electron chi connectivity index (χ4n) is 3.12. The van der Waals surface area contributed by atoms with Gasteiger partial charge in [-0.15, -0.1) is 0 Å². The minimum Gasteiger partial charge on any atom is -0.469 e. The molecule has 1 aliphatic heterocycles. The molecule has 1 atom stereocenters. The molecule has 0 radical (unpaired) electrons. The van der Waals surface area contributed by atoms with Crippen molar-refractivity contribution in [3.05, 3.63) is 88.5 Å². The normalized spacial score (nSPS) is 15.1. The highest BCUT2D eigenvalue weighted by molar-refractivity contribution is 6.32. The lowest BCUT2D eigenvalue weighted by atomic mass is 10.1. The highest BCUT2D eigenvalue weighted by Crippen LogP contribution is 2.33. The third-order valence-electron chi connectivity index (χ3n) is 4.59. The Hall–Kier alpha value is -3.51. The molecule has 0 saturated carbocycles. The van der Waals surface area contributed by atoms with Crippen LogP contribution in [0.25, 0.3) is 6.08 Å². The molecular weight excluding hydrogens is 404 g/mol. The van der Waals surface area contributed by atoms with Crippen molar-refractivity contribution in [1.29, 1.82) is 0 Å². The molecule has 7 heteroatoms. The summed E-state index contributed by atoms with van der Waals surface area (Å²) in [6.45, 7) is 1.90. The summed E-state index contributed by atoms with van der Waals surface area (Å²) in [5.74, 6) is 0.717. The van der Waals surface area contributed by atoms with Gasteiger partial charge in [0.2, 0.25) is 0 Å². The fourth-order valence-corrected chi connectivity index (χ4v) is 3.31. The number of nitrogens with one attached hydrogen (secondary N) is 2. The number of fused-ring (bicyclic) bond motifs is 1. The monoisotopic (exact) mass is 422 g/mol. The number of amides is 2. The minimum atomic E-state index is -0.411. The molecule has 1 aliphatic rings. The summed E-state index contributed by atoms with van der Waals surface area (Å²) in [7, 11) is 0. The molecule has 0 bridgehead atoms. The second kappa shape index (κ2) is 8.47. The van der Waals surface area contributed by atoms with E-state index in [-0.39, 0.29) is 17.7 Å². The lowest BCUT2D eigenvalue weighted by Gasteiger charge is -2.21. The third-order valence-corrected chi connectivity index (χ3v) is 4.93. The number of furan rings is 1. The van der Waals surface area contributed by atoms with Gasteiger partial charge in [-0.1, -0.05) is 29.8 Å². The number of rotatable bonds is 5. The first-order chi connectivity index (χ1) is 14.5. The number of hydrogen-bond acceptors (Lipinski definition) is 4. The van der Waals surface area contributed by atoms with Gasteiger partial charge in [0.15, 0.2) is 11.5 Å². The Morgan fingerprint density at radius 2 is 2.03 bits per heavy atom. The van der Waals surface area contributed by atoms with Gasteiger partial charge in [0.25, 0.3) is 11.8 Å². The Balaban J connectivity index is 1.48. The first-order valence-corrected chi connectivity index (χ1v) is 9.80. The van der Waals surface area contributed by atoms with E-state index in [1.54, 1.807) is 42.7 Å². The SMILES string of the molecule is C[C@H](Cc1ccco1)NC(=O)c1ccc2c(c1)NC(=O)/C(=C/c1ccccc1Cl)O2. The second-order valence-electron chi connectivity index (χ2n) is 6.96. The van der Waals surface area contributed by atoms with Crippen LogP contribution in [0.2, 0.25) is 5.02 Å². The van der Waals surface area contributed by atoms with Gasteiger partial charge in [-0.2, -0.15) is 0 Å². The molecule has 2 amide bonds. The molecule has 30 heavy (non-hydrogen) atoms. The molecule has 0 unspecified atom stereocenters. The molecule has 2 N–H and O–H groups in total. The summed E-state index contributed by atoms with van der Waals surface area (Å²) >= 11 is 6.15. The minimum absolute atomic E-state index is 0.115. The van der Waals surface area contributed by atoms with Gasteiger partial charge in [-0.05, 0) is 55.0 Å². The van der Waals surface area contributed by atoms with Crippen LogP contribution in [-0.2, 0) is 11.2 Å². The summed E-state index contributed by atoms with van der Waals surface area (Å²) in [6.07, 6.45) is 3.77. The summed E-state index contributed by atoms with van der Waals surface area (Å²) < 4.78 is 11.0. The highest BCUT2D eigenvalue weighted by Gasteiger charge is 2.24. The molecule has 4 rings (SSSR count). The number of carbonyl (C=O) groups is 2. The van der Waals surface area contributed by atoms with Crippen molar-refractivity contribution in [1.82, 2.24) is 5.32 Å². The number of halogens is 1. The van der Waals surface area contributed by atoms with Gasteiger partial charge in [0.1, 0.15) is 5.76 Å². The van der Waals surface area contributed by atoms with Crippen molar-refractivity contribution in [3.63, 3.8) is 0 Å². The number of benzene rings is 2. The molecule has 1 aromatic heterocycles. The van der Waals surface area contributed by atoms with Gasteiger partial charge in [0, 0.05) is 23.0 Å². The van der Waals surface area contributed by atoms with Crippen LogP contribution in [0.15, 0.2) is 71.0 Å². The van der Waals surface area contributed by atoms with Crippen molar-refractivity contribution >= 4 is 35.2 Å². The number of carbonyl (C=O) groups excluding carboxylic acids is 2. The van der Waals surface area contributed by atoms with E-state index in [0.717, 1.165) is 5.76 Å². The fraction of sp³-hybridized carbons (Fsp3) is 0.130. The first-order valence-electron chi connectivity index (χ1n) is 9.42. The molecule has 0 aliphatic carbocycles.